The van der Waals surface area contributed by atoms with Crippen molar-refractivity contribution in [2.45, 2.75) is 76.7 Å². The molecule has 0 amide bonds. The summed E-state index contributed by atoms with van der Waals surface area (Å²) >= 11 is 0. The number of rotatable bonds is 4. The molecule has 18 heavy (non-hydrogen) atoms. The number of hydrogen-bond acceptors (Lipinski definition) is 2. The van der Waals surface area contributed by atoms with E-state index < -0.39 is 8.32 Å². The number of hydrogen-bond donors (Lipinski definition) is 0. The average molecular weight is 325 g/mol. The van der Waals surface area contributed by atoms with Crippen molar-refractivity contribution in [3.05, 3.63) is 0 Å². The first-order chi connectivity index (χ1) is 8.17. The van der Waals surface area contributed by atoms with E-state index in [0.29, 0.717) is 11.1 Å². The zero-order valence-electron chi connectivity index (χ0n) is 12.5. The van der Waals surface area contributed by atoms with Crippen molar-refractivity contribution < 1.29 is 4.43 Å². The Hall–Kier alpha value is 1.43. The molecule has 0 radical (unpaired) electrons. The molecule has 108 valence electrons. The molecular weight excluding hydrogens is 295 g/mol. The molecule has 0 aromatic heterocycles. The van der Waals surface area contributed by atoms with Crippen LogP contribution in [-0.2, 0) is 4.43 Å². The molecule has 1 aliphatic rings. The zero-order valence-corrected chi connectivity index (χ0v) is 16.8. The van der Waals surface area contributed by atoms with Crippen LogP contribution in [0.1, 0.15) is 46.5 Å². The maximum absolute atomic E-state index is 6.52. The van der Waals surface area contributed by atoms with Gasteiger partial charge in [-0.05, 0) is 52.2 Å². The first-order valence-corrected chi connectivity index (χ1v) is 13.0. The van der Waals surface area contributed by atoms with Crippen LogP contribution in [0.4, 0.5) is 0 Å². The maximum Gasteiger partial charge on any atom is 0.192 e. The molecule has 1 saturated carbocycles. The lowest BCUT2D eigenvalue weighted by Gasteiger charge is -2.42. The van der Waals surface area contributed by atoms with Gasteiger partial charge in [0.2, 0.25) is 0 Å². The van der Waals surface area contributed by atoms with Crippen molar-refractivity contribution >= 4 is 35.1 Å². The van der Waals surface area contributed by atoms with E-state index in [9.17, 15) is 0 Å². The second kappa shape index (κ2) is 6.93. The molecule has 0 aromatic rings. The van der Waals surface area contributed by atoms with Gasteiger partial charge in [0.05, 0.1) is 0 Å². The standard InChI is InChI=1S/C12H30NOP3Si/c1-12(2,3)18(4,5)14-11-8-6-10(7-9-11)13(15)17-16/h10-11,17H,6-9,15-16H2,1-5H3. The van der Waals surface area contributed by atoms with Crippen molar-refractivity contribution in [1.82, 2.24) is 4.44 Å². The molecule has 0 aliphatic heterocycles. The van der Waals surface area contributed by atoms with E-state index in [1.54, 1.807) is 0 Å². The molecule has 3 atom stereocenters. The summed E-state index contributed by atoms with van der Waals surface area (Å²) in [6, 6.07) is 0.741. The Morgan fingerprint density at radius 3 is 2.06 bits per heavy atom. The third kappa shape index (κ3) is 4.76. The summed E-state index contributed by atoms with van der Waals surface area (Å²) in [4.78, 5) is 0. The van der Waals surface area contributed by atoms with Gasteiger partial charge in [-0.1, -0.05) is 39.1 Å². The normalized spacial score (nSPS) is 27.3. The molecule has 1 aliphatic carbocycles. The Labute approximate surface area is 121 Å². The smallest absolute Gasteiger partial charge is 0.192 e. The van der Waals surface area contributed by atoms with E-state index in [0.717, 1.165) is 14.5 Å². The maximum atomic E-state index is 6.52. The average Bonchev–Trinajstić information content (AvgIpc) is 2.27. The van der Waals surface area contributed by atoms with Crippen LogP contribution < -0.4 is 0 Å². The second-order valence-corrected chi connectivity index (χ2v) is 14.2. The quantitative estimate of drug-likeness (QED) is 0.544. The summed E-state index contributed by atoms with van der Waals surface area (Å²) in [7, 11) is 4.94. The summed E-state index contributed by atoms with van der Waals surface area (Å²) in [5.74, 6) is 0. The lowest BCUT2D eigenvalue weighted by atomic mass is 9.94. The lowest BCUT2D eigenvalue weighted by Crippen LogP contribution is -2.45. The molecule has 0 spiro atoms. The fourth-order valence-corrected chi connectivity index (χ4v) is 4.96. The van der Waals surface area contributed by atoms with Crippen LogP contribution >= 0.6 is 26.7 Å². The van der Waals surface area contributed by atoms with Gasteiger partial charge >= 0.3 is 0 Å². The highest BCUT2D eigenvalue weighted by Crippen LogP contribution is 2.41. The van der Waals surface area contributed by atoms with E-state index in [1.807, 2.05) is 0 Å². The first-order valence-electron chi connectivity index (χ1n) is 6.85. The minimum absolute atomic E-state index is 0.331. The predicted molar refractivity (Wildman–Crippen MR) is 93.9 cm³/mol. The summed E-state index contributed by atoms with van der Waals surface area (Å²) < 4.78 is 8.91. The largest absolute Gasteiger partial charge is 0.414 e. The van der Waals surface area contributed by atoms with E-state index >= 15 is 0 Å². The fraction of sp³-hybridized carbons (Fsp3) is 1.00. The van der Waals surface area contributed by atoms with Crippen LogP contribution in [-0.4, -0.2) is 24.9 Å². The molecule has 1 rings (SSSR count). The van der Waals surface area contributed by atoms with Crippen molar-refractivity contribution in [1.29, 1.82) is 0 Å². The Kier molecular flexibility index (Phi) is 6.72. The molecule has 0 aromatic carbocycles. The predicted octanol–water partition coefficient (Wildman–Crippen LogP) is 4.80. The number of nitrogens with zero attached hydrogens (tertiary/aromatic N) is 1. The minimum Gasteiger partial charge on any atom is -0.414 e. The van der Waals surface area contributed by atoms with E-state index in [2.05, 4.69) is 56.6 Å². The summed E-state index contributed by atoms with van der Waals surface area (Å²) in [6.45, 7) is 11.7. The fourth-order valence-electron chi connectivity index (χ4n) is 2.14. The van der Waals surface area contributed by atoms with Crippen molar-refractivity contribution in [3.63, 3.8) is 0 Å². The van der Waals surface area contributed by atoms with Crippen LogP contribution in [0, 0.1) is 0 Å². The zero-order chi connectivity index (χ0) is 14.0. The van der Waals surface area contributed by atoms with Crippen LogP contribution in [0.2, 0.25) is 18.1 Å². The Balaban J connectivity index is 2.45. The van der Waals surface area contributed by atoms with Gasteiger partial charge < -0.3 is 4.43 Å². The highest BCUT2D eigenvalue weighted by Gasteiger charge is 2.39. The Morgan fingerprint density at radius 2 is 1.67 bits per heavy atom. The third-order valence-corrected chi connectivity index (χ3v) is 12.3. The second-order valence-electron chi connectivity index (χ2n) is 6.85. The summed E-state index contributed by atoms with van der Waals surface area (Å²) in [5.41, 5.74) is 0. The van der Waals surface area contributed by atoms with Crippen LogP contribution in [0.5, 0.6) is 0 Å². The summed E-state index contributed by atoms with van der Waals surface area (Å²) in [5, 5.41) is 0.331. The van der Waals surface area contributed by atoms with Gasteiger partial charge in [-0.2, -0.15) is 0 Å². The van der Waals surface area contributed by atoms with E-state index in [1.165, 1.54) is 25.7 Å². The highest BCUT2D eigenvalue weighted by atomic mass is 32.0. The Morgan fingerprint density at radius 1 is 1.17 bits per heavy atom. The molecule has 0 bridgehead atoms. The van der Waals surface area contributed by atoms with Crippen molar-refractivity contribution in [2.75, 3.05) is 0 Å². The van der Waals surface area contributed by atoms with Gasteiger partial charge in [0.15, 0.2) is 8.32 Å². The monoisotopic (exact) mass is 325 g/mol. The van der Waals surface area contributed by atoms with Gasteiger partial charge in [-0.3, -0.25) is 4.44 Å². The van der Waals surface area contributed by atoms with Gasteiger partial charge in [0.25, 0.3) is 0 Å². The first kappa shape index (κ1) is 17.5. The van der Waals surface area contributed by atoms with E-state index in [4.69, 9.17) is 4.43 Å². The van der Waals surface area contributed by atoms with Gasteiger partial charge in [0, 0.05) is 12.1 Å². The third-order valence-electron chi connectivity index (χ3n) is 4.45. The molecule has 0 saturated heterocycles. The molecule has 6 heteroatoms. The molecule has 0 N–H and O–H groups in total. The minimum atomic E-state index is -1.57. The van der Waals surface area contributed by atoms with Crippen molar-refractivity contribution in [2.24, 2.45) is 0 Å². The topological polar surface area (TPSA) is 12.5 Å². The van der Waals surface area contributed by atoms with Crippen LogP contribution in [0.15, 0.2) is 0 Å². The molecule has 1 fully saturated rings. The summed E-state index contributed by atoms with van der Waals surface area (Å²) in [6.07, 6.45) is 5.54. The van der Waals surface area contributed by atoms with Gasteiger partial charge in [-0.15, -0.1) is 0 Å². The molecule has 2 nitrogen and oxygen atoms in total. The van der Waals surface area contributed by atoms with Crippen LogP contribution in [0.25, 0.3) is 0 Å². The molecular formula is C12H30NOP3Si. The van der Waals surface area contributed by atoms with Crippen LogP contribution in [0.3, 0.4) is 0 Å². The Bertz CT molecular complexity index is 263. The van der Waals surface area contributed by atoms with Crippen molar-refractivity contribution in [3.8, 4) is 0 Å². The molecule has 3 unspecified atom stereocenters. The molecule has 0 heterocycles. The van der Waals surface area contributed by atoms with E-state index in [-0.39, 0.29) is 0 Å². The SMILES string of the molecule is CC(C)(C)[Si](C)(C)OC1CCC(N(P)PP)CC1. The lowest BCUT2D eigenvalue weighted by molar-refractivity contribution is 0.121. The van der Waals surface area contributed by atoms with Gasteiger partial charge in [0.1, 0.15) is 0 Å². The highest BCUT2D eigenvalue weighted by molar-refractivity contribution is 8.02. The van der Waals surface area contributed by atoms with Gasteiger partial charge in [-0.25, -0.2) is 0 Å².